The number of hydrogen-bond acceptors (Lipinski definition) is 18. The van der Waals surface area contributed by atoms with Crippen molar-refractivity contribution in [1.29, 1.82) is 0 Å². The van der Waals surface area contributed by atoms with Crippen molar-refractivity contribution in [3.8, 4) is 0 Å². The second-order valence-electron chi connectivity index (χ2n) is 20.6. The molecule has 3 heterocycles. The van der Waals surface area contributed by atoms with Crippen molar-refractivity contribution in [1.82, 2.24) is 9.55 Å². The summed E-state index contributed by atoms with van der Waals surface area (Å²) in [6.07, 6.45) is 14.8. The van der Waals surface area contributed by atoms with Crippen molar-refractivity contribution in [2.24, 2.45) is 17.8 Å². The lowest BCUT2D eigenvalue weighted by Crippen LogP contribution is -2.52. The minimum Gasteiger partial charge on any atom is -0.462 e. The molecule has 0 saturated carbocycles. The highest BCUT2D eigenvalue weighted by Crippen LogP contribution is 2.60. The fraction of sp³-hybridized carbons (Fsp3) is 0.808. The number of ether oxygens (including phenoxy) is 3. The molecule has 2 bridgehead atoms. The lowest BCUT2D eigenvalue weighted by atomic mass is 9.82. The molecule has 3 rings (SSSR count). The van der Waals surface area contributed by atoms with Gasteiger partial charge in [-0.05, 0) is 31.2 Å². The Kier molecular flexibility index (Phi) is 32.2. The number of carbonyl (C=O) groups excluding carboxylic acids is 2. The molecule has 2 aliphatic heterocycles. The molecule has 0 aliphatic carbocycles. The van der Waals surface area contributed by atoms with Gasteiger partial charge in [0.25, 0.3) is 0 Å². The van der Waals surface area contributed by atoms with Crippen LogP contribution in [-0.2, 0) is 46.3 Å². The lowest BCUT2D eigenvalue weighted by molar-refractivity contribution is -0.194. The molecule has 1 aromatic heterocycles. The monoisotopic (exact) mass is 1110 g/mol. The number of allylic oxidation sites excluding steroid dienone is 1. The van der Waals surface area contributed by atoms with E-state index in [0.29, 0.717) is 19.3 Å². The van der Waals surface area contributed by atoms with E-state index < -0.39 is 127 Å². The van der Waals surface area contributed by atoms with Gasteiger partial charge in [0, 0.05) is 30.9 Å². The van der Waals surface area contributed by atoms with E-state index in [9.17, 15) is 58.8 Å². The zero-order valence-electron chi connectivity index (χ0n) is 44.6. The molecule has 432 valence electrons. The fourth-order valence-electron chi connectivity index (χ4n) is 9.17. The van der Waals surface area contributed by atoms with Gasteiger partial charge in [-0.15, -0.1) is 0 Å². The molecule has 1 aromatic rings. The molecule has 2 unspecified atom stereocenters. The molecule has 12 atom stereocenters. The average molecular weight is 1110 g/mol. The third-order valence-electron chi connectivity index (χ3n) is 13.5. The summed E-state index contributed by atoms with van der Waals surface area (Å²) < 4.78 is 58.7. The van der Waals surface area contributed by atoms with Gasteiger partial charge in [-0.3, -0.25) is 23.2 Å². The van der Waals surface area contributed by atoms with Gasteiger partial charge in [-0.25, -0.2) is 13.9 Å². The number of nitrogens with two attached hydrogens (primary N) is 1. The Labute approximate surface area is 443 Å². The number of fused-ring (bicyclic) bond motifs is 3. The van der Waals surface area contributed by atoms with Crippen LogP contribution in [0.5, 0.6) is 0 Å². The van der Waals surface area contributed by atoms with Crippen molar-refractivity contribution in [3.63, 3.8) is 0 Å². The minimum atomic E-state index is -5.69. The second kappa shape index (κ2) is 36.3. The summed E-state index contributed by atoms with van der Waals surface area (Å²) in [5, 5.41) is 57.3. The minimum absolute atomic E-state index is 0.0640. The van der Waals surface area contributed by atoms with Gasteiger partial charge >= 0.3 is 33.3 Å². The van der Waals surface area contributed by atoms with E-state index >= 15 is 0 Å². The van der Waals surface area contributed by atoms with Gasteiger partial charge in [-0.2, -0.15) is 9.29 Å². The maximum Gasteiger partial charge on any atom is 0.481 e. The Morgan fingerprint density at radius 1 is 0.813 bits per heavy atom. The Bertz CT molecular complexity index is 1990. The number of nitrogens with zero attached hydrogens (tertiary/aromatic N) is 2. The summed E-state index contributed by atoms with van der Waals surface area (Å²) in [6.45, 7) is 3.79. The number of carbonyl (C=O) groups is 2. The molecule has 0 aromatic carbocycles. The number of rotatable bonds is 28. The first kappa shape index (κ1) is 66.4. The molecule has 0 amide bonds. The van der Waals surface area contributed by atoms with Crippen LogP contribution in [0.4, 0.5) is 5.82 Å². The van der Waals surface area contributed by atoms with Gasteiger partial charge in [0.05, 0.1) is 44.1 Å². The number of esters is 2. The molecule has 0 spiro atoms. The highest BCUT2D eigenvalue weighted by Gasteiger charge is 2.45. The molecule has 0 radical (unpaired) electrons. The van der Waals surface area contributed by atoms with E-state index in [2.05, 4.69) is 23.1 Å². The van der Waals surface area contributed by atoms with Crippen LogP contribution in [0.2, 0.25) is 0 Å². The number of phosphoric ester groups is 2. The van der Waals surface area contributed by atoms with E-state index in [1.807, 2.05) is 6.92 Å². The normalized spacial score (nSPS) is 29.6. The Hall–Kier alpha value is -2.88. The summed E-state index contributed by atoms with van der Waals surface area (Å²) >= 11 is 0. The molecular formula is C52H91N3O18P2. The largest absolute Gasteiger partial charge is 0.481 e. The molecular weight excluding hydrogens is 1020 g/mol. The number of phosphoric acid groups is 2. The molecule has 23 heteroatoms. The molecule has 75 heavy (non-hydrogen) atoms. The average Bonchev–Trinajstić information content (AvgIpc) is 3.33. The Morgan fingerprint density at radius 3 is 1.97 bits per heavy atom. The van der Waals surface area contributed by atoms with Crippen LogP contribution in [0, 0.1) is 17.8 Å². The van der Waals surface area contributed by atoms with Gasteiger partial charge in [0.2, 0.25) is 0 Å². The topological polar surface area (TPSA) is 326 Å². The maximum atomic E-state index is 13.3. The molecule has 2 aliphatic rings. The van der Waals surface area contributed by atoms with Crippen LogP contribution in [-0.4, -0.2) is 119 Å². The molecule has 1 fully saturated rings. The summed E-state index contributed by atoms with van der Waals surface area (Å²) in [5.74, 6) is -3.61. The number of unbranched alkanes of at least 4 members (excludes halogenated alkanes) is 17. The molecule has 1 saturated heterocycles. The molecule has 21 nitrogen and oxygen atoms in total. The number of aliphatic hydroxyl groups excluding tert-OH is 5. The van der Waals surface area contributed by atoms with Crippen LogP contribution in [0.1, 0.15) is 188 Å². The fourth-order valence-corrected chi connectivity index (χ4v) is 11.3. The number of anilines is 1. The lowest BCUT2D eigenvalue weighted by Gasteiger charge is -2.40. The van der Waals surface area contributed by atoms with Crippen LogP contribution in [0.15, 0.2) is 41.4 Å². The van der Waals surface area contributed by atoms with Gasteiger partial charge in [0.1, 0.15) is 30.9 Å². The zero-order chi connectivity index (χ0) is 55.2. The SMILES string of the molecule is CCCCC[C@@H](O)C=C[C@@H]1[C@H](O)[C@H](O)[C@H]2COP(=O)(O)OP(=O)(O)OC[C@@H](COC(=O)CCCCCCCCCCCCCCCCCCC(C)C)OC(=O)C/C=C\C[C@@H]([C@H](n3ccc(N)nc3=O)O2)[C@@H](O)C[C@H]1O. The van der Waals surface area contributed by atoms with Crippen LogP contribution < -0.4 is 11.4 Å². The molecule has 9 N–H and O–H groups in total. The van der Waals surface area contributed by atoms with Crippen LogP contribution in [0.3, 0.4) is 0 Å². The quantitative estimate of drug-likeness (QED) is 0.0170. The predicted octanol–water partition coefficient (Wildman–Crippen LogP) is 8.02. The summed E-state index contributed by atoms with van der Waals surface area (Å²) in [4.78, 5) is 64.2. The second-order valence-corrected chi connectivity index (χ2v) is 23.6. The van der Waals surface area contributed by atoms with Gasteiger partial charge < -0.3 is 55.3 Å². The number of aliphatic hydroxyl groups is 5. The third kappa shape index (κ3) is 27.5. The smallest absolute Gasteiger partial charge is 0.462 e. The number of cyclic esters (lactones) is 1. The van der Waals surface area contributed by atoms with Gasteiger partial charge in [0.15, 0.2) is 6.10 Å². The van der Waals surface area contributed by atoms with E-state index in [-0.39, 0.29) is 18.7 Å². The van der Waals surface area contributed by atoms with Crippen molar-refractivity contribution in [2.45, 2.75) is 230 Å². The van der Waals surface area contributed by atoms with Crippen LogP contribution in [0.25, 0.3) is 0 Å². The van der Waals surface area contributed by atoms with Gasteiger partial charge in [-0.1, -0.05) is 167 Å². The van der Waals surface area contributed by atoms with Crippen molar-refractivity contribution >= 4 is 33.4 Å². The summed E-state index contributed by atoms with van der Waals surface area (Å²) in [7, 11) is -11.3. The summed E-state index contributed by atoms with van der Waals surface area (Å²) in [5.41, 5.74) is 4.74. The predicted molar refractivity (Wildman–Crippen MR) is 282 cm³/mol. The first-order valence-corrected chi connectivity index (χ1v) is 30.5. The van der Waals surface area contributed by atoms with Crippen molar-refractivity contribution in [3.05, 3.63) is 47.1 Å². The standard InChI is InChI=1S/C52H91N3O18P2/c1-4-5-20-26-39(56)30-31-41-43(57)34-44(58)42-27-23-24-29-48(60)71-40(35-68-47(59)28-22-19-17-15-13-11-9-7-6-8-10-12-14-16-18-21-25-38(2)3)36-69-74(64,65)73-75(66,67)70-37-45(50(62)49(41)61)72-51(42)55-33-32-46(53)54-52(55)63/h23-24,30-33,38-45,49-51,56-58,61-62H,4-22,25-29,34-37H2,1-3H3,(H,64,65)(H,66,67)(H2,53,54,63)/b24-23-,31-30?/t39-,40-,41+,42-,43-,44+,45-,49+,50-,51-/m1/s1. The first-order chi connectivity index (χ1) is 35.7. The zero-order valence-corrected chi connectivity index (χ0v) is 46.4. The summed E-state index contributed by atoms with van der Waals surface area (Å²) in [6, 6.07) is 1.22. The van der Waals surface area contributed by atoms with E-state index in [1.165, 1.54) is 107 Å². The number of aromatic nitrogens is 2. The Balaban J connectivity index is 1.68. The highest BCUT2D eigenvalue weighted by atomic mass is 31.3. The van der Waals surface area contributed by atoms with E-state index in [1.54, 1.807) is 0 Å². The first-order valence-electron chi connectivity index (χ1n) is 27.5. The van der Waals surface area contributed by atoms with Crippen molar-refractivity contribution < 1.29 is 81.6 Å². The van der Waals surface area contributed by atoms with E-state index in [4.69, 9.17) is 29.0 Å². The highest BCUT2D eigenvalue weighted by molar-refractivity contribution is 7.61. The Morgan fingerprint density at radius 2 is 1.39 bits per heavy atom. The maximum absolute atomic E-state index is 13.3. The van der Waals surface area contributed by atoms with Crippen LogP contribution >= 0.6 is 15.6 Å². The number of hydrogen-bond donors (Lipinski definition) is 8. The number of nitrogen functional groups attached to an aromatic ring is 1. The third-order valence-corrected chi connectivity index (χ3v) is 16.1. The van der Waals surface area contributed by atoms with E-state index in [0.717, 1.165) is 55.2 Å². The van der Waals surface area contributed by atoms with Crippen molar-refractivity contribution in [2.75, 3.05) is 25.6 Å².